The van der Waals surface area contributed by atoms with Crippen LogP contribution in [0.15, 0.2) is 55.0 Å². The SMILES string of the molecule is COc1cccc(F)c1CCc1ccc(-c2ccc(OC(C)C)nc2)c2nncn12. The second-order valence-electron chi connectivity index (χ2n) is 7.24. The van der Waals surface area contributed by atoms with Crippen molar-refractivity contribution in [3.05, 3.63) is 72.1 Å². The summed E-state index contributed by atoms with van der Waals surface area (Å²) in [5.74, 6) is 0.879. The summed E-state index contributed by atoms with van der Waals surface area (Å²) in [6, 6.07) is 12.7. The van der Waals surface area contributed by atoms with Gasteiger partial charge in [-0.15, -0.1) is 10.2 Å². The first-order valence-corrected chi connectivity index (χ1v) is 9.83. The Morgan fingerprint density at radius 2 is 1.93 bits per heavy atom. The van der Waals surface area contributed by atoms with E-state index in [1.807, 2.05) is 42.5 Å². The summed E-state index contributed by atoms with van der Waals surface area (Å²) in [6.07, 6.45) is 4.64. The quantitative estimate of drug-likeness (QED) is 0.452. The van der Waals surface area contributed by atoms with Gasteiger partial charge in [0.15, 0.2) is 5.65 Å². The maximum atomic E-state index is 14.3. The Kier molecular flexibility index (Phi) is 5.61. The minimum absolute atomic E-state index is 0.0684. The highest BCUT2D eigenvalue weighted by Crippen LogP contribution is 2.27. The van der Waals surface area contributed by atoms with E-state index in [0.29, 0.717) is 30.0 Å². The Morgan fingerprint density at radius 1 is 1.07 bits per heavy atom. The maximum absolute atomic E-state index is 14.3. The zero-order chi connectivity index (χ0) is 21.1. The van der Waals surface area contributed by atoms with Crippen LogP contribution >= 0.6 is 0 Å². The number of nitrogens with zero attached hydrogens (tertiary/aromatic N) is 4. The molecule has 0 saturated heterocycles. The summed E-state index contributed by atoms with van der Waals surface area (Å²) in [6.45, 7) is 3.93. The molecule has 154 valence electrons. The molecule has 0 spiro atoms. The molecule has 3 aromatic heterocycles. The minimum Gasteiger partial charge on any atom is -0.496 e. The highest BCUT2D eigenvalue weighted by Gasteiger charge is 2.13. The molecular formula is C23H23FN4O2. The molecule has 0 bridgehead atoms. The molecule has 0 atom stereocenters. The van der Waals surface area contributed by atoms with Crippen LogP contribution in [0, 0.1) is 5.82 Å². The third-order valence-electron chi connectivity index (χ3n) is 4.87. The number of ether oxygens (including phenoxy) is 2. The van der Waals surface area contributed by atoms with Crippen LogP contribution in [0.3, 0.4) is 0 Å². The van der Waals surface area contributed by atoms with E-state index in [9.17, 15) is 4.39 Å². The second kappa shape index (κ2) is 8.49. The maximum Gasteiger partial charge on any atom is 0.213 e. The first kappa shape index (κ1) is 19.8. The van der Waals surface area contributed by atoms with Crippen molar-refractivity contribution < 1.29 is 13.9 Å². The van der Waals surface area contributed by atoms with E-state index < -0.39 is 0 Å². The molecule has 4 rings (SSSR count). The molecule has 7 heteroatoms. The second-order valence-corrected chi connectivity index (χ2v) is 7.24. The van der Waals surface area contributed by atoms with Gasteiger partial charge in [-0.3, -0.25) is 4.40 Å². The van der Waals surface area contributed by atoms with E-state index in [-0.39, 0.29) is 11.9 Å². The van der Waals surface area contributed by atoms with Gasteiger partial charge in [0, 0.05) is 34.6 Å². The van der Waals surface area contributed by atoms with E-state index in [4.69, 9.17) is 9.47 Å². The Balaban J connectivity index is 1.62. The van der Waals surface area contributed by atoms with Crippen LogP contribution < -0.4 is 9.47 Å². The Labute approximate surface area is 174 Å². The molecule has 6 nitrogen and oxygen atoms in total. The average molecular weight is 406 g/mol. The largest absolute Gasteiger partial charge is 0.496 e. The van der Waals surface area contributed by atoms with Crippen molar-refractivity contribution in [1.82, 2.24) is 19.6 Å². The predicted molar refractivity (Wildman–Crippen MR) is 112 cm³/mol. The standard InChI is InChI=1S/C23H23FN4O2/c1-15(2)30-22-12-7-16(13-25-22)18-10-8-17(28-14-26-27-23(18)28)9-11-19-20(24)5-4-6-21(19)29-3/h4-8,10,12-15H,9,11H2,1-3H3. The van der Waals surface area contributed by atoms with Crippen molar-refractivity contribution in [2.45, 2.75) is 32.8 Å². The monoisotopic (exact) mass is 406 g/mol. The third kappa shape index (κ3) is 3.96. The van der Waals surface area contributed by atoms with E-state index >= 15 is 0 Å². The Hall–Kier alpha value is -3.48. The molecule has 0 saturated carbocycles. The van der Waals surface area contributed by atoms with Gasteiger partial charge in [0.1, 0.15) is 17.9 Å². The molecule has 0 fully saturated rings. The zero-order valence-corrected chi connectivity index (χ0v) is 17.2. The number of aromatic nitrogens is 4. The van der Waals surface area contributed by atoms with Crippen LogP contribution in [0.2, 0.25) is 0 Å². The normalized spacial score (nSPS) is 11.2. The van der Waals surface area contributed by atoms with Gasteiger partial charge in [-0.1, -0.05) is 6.07 Å². The summed E-state index contributed by atoms with van der Waals surface area (Å²) in [4.78, 5) is 4.38. The molecule has 0 unspecified atom stereocenters. The number of hydrogen-bond donors (Lipinski definition) is 0. The van der Waals surface area contributed by atoms with E-state index in [1.165, 1.54) is 6.07 Å². The lowest BCUT2D eigenvalue weighted by Gasteiger charge is -2.12. The number of rotatable bonds is 7. The van der Waals surface area contributed by atoms with E-state index in [1.54, 1.807) is 31.8 Å². The summed E-state index contributed by atoms with van der Waals surface area (Å²) in [5, 5.41) is 8.37. The molecule has 30 heavy (non-hydrogen) atoms. The highest BCUT2D eigenvalue weighted by molar-refractivity contribution is 5.77. The average Bonchev–Trinajstić information content (AvgIpc) is 3.23. The number of aryl methyl sites for hydroxylation is 1. The number of benzene rings is 1. The highest BCUT2D eigenvalue weighted by atomic mass is 19.1. The lowest BCUT2D eigenvalue weighted by atomic mass is 10.0. The topological polar surface area (TPSA) is 61.5 Å². The summed E-state index contributed by atoms with van der Waals surface area (Å²) >= 11 is 0. The molecular weight excluding hydrogens is 383 g/mol. The van der Waals surface area contributed by atoms with Crippen molar-refractivity contribution >= 4 is 5.65 Å². The molecule has 0 amide bonds. The predicted octanol–water partition coefficient (Wildman–Crippen LogP) is 4.51. The number of hydrogen-bond acceptors (Lipinski definition) is 5. The fourth-order valence-corrected chi connectivity index (χ4v) is 3.47. The lowest BCUT2D eigenvalue weighted by molar-refractivity contribution is 0.232. The number of pyridine rings is 2. The molecule has 4 aromatic rings. The van der Waals surface area contributed by atoms with Crippen LogP contribution in [0.4, 0.5) is 4.39 Å². The van der Waals surface area contributed by atoms with Gasteiger partial charge < -0.3 is 9.47 Å². The minimum atomic E-state index is -0.263. The number of halogens is 1. The van der Waals surface area contributed by atoms with Crippen molar-refractivity contribution in [3.8, 4) is 22.8 Å². The molecule has 3 heterocycles. The summed E-state index contributed by atoms with van der Waals surface area (Å²) in [5.41, 5.74) is 4.12. The summed E-state index contributed by atoms with van der Waals surface area (Å²) < 4.78 is 27.1. The van der Waals surface area contributed by atoms with Crippen molar-refractivity contribution in [2.75, 3.05) is 7.11 Å². The van der Waals surface area contributed by atoms with Gasteiger partial charge >= 0.3 is 0 Å². The van der Waals surface area contributed by atoms with Crippen molar-refractivity contribution in [3.63, 3.8) is 0 Å². The van der Waals surface area contributed by atoms with E-state index in [2.05, 4.69) is 15.2 Å². The zero-order valence-electron chi connectivity index (χ0n) is 17.2. The summed E-state index contributed by atoms with van der Waals surface area (Å²) in [7, 11) is 1.55. The van der Waals surface area contributed by atoms with Crippen LogP contribution in [0.5, 0.6) is 11.6 Å². The molecule has 0 N–H and O–H groups in total. The molecule has 0 aliphatic rings. The smallest absolute Gasteiger partial charge is 0.213 e. The first-order chi connectivity index (χ1) is 14.6. The number of methoxy groups -OCH3 is 1. The first-order valence-electron chi connectivity index (χ1n) is 9.83. The van der Waals surface area contributed by atoms with Crippen LogP contribution in [0.25, 0.3) is 16.8 Å². The van der Waals surface area contributed by atoms with Gasteiger partial charge in [-0.2, -0.15) is 0 Å². The van der Waals surface area contributed by atoms with Crippen LogP contribution in [0.1, 0.15) is 25.1 Å². The van der Waals surface area contributed by atoms with Gasteiger partial charge in [0.25, 0.3) is 0 Å². The van der Waals surface area contributed by atoms with Gasteiger partial charge in [0.2, 0.25) is 5.88 Å². The number of fused-ring (bicyclic) bond motifs is 1. The van der Waals surface area contributed by atoms with Crippen molar-refractivity contribution in [1.29, 1.82) is 0 Å². The molecule has 0 aliphatic heterocycles. The van der Waals surface area contributed by atoms with Gasteiger partial charge in [-0.25, -0.2) is 9.37 Å². The third-order valence-corrected chi connectivity index (χ3v) is 4.87. The van der Waals surface area contributed by atoms with E-state index in [0.717, 1.165) is 22.5 Å². The van der Waals surface area contributed by atoms with Crippen LogP contribution in [-0.2, 0) is 12.8 Å². The van der Waals surface area contributed by atoms with Crippen LogP contribution in [-0.4, -0.2) is 32.8 Å². The van der Waals surface area contributed by atoms with Gasteiger partial charge in [0.05, 0.1) is 13.2 Å². The molecule has 0 radical (unpaired) electrons. The Morgan fingerprint density at radius 3 is 2.67 bits per heavy atom. The van der Waals surface area contributed by atoms with Crippen molar-refractivity contribution in [2.24, 2.45) is 0 Å². The Bertz CT molecular complexity index is 1160. The fourth-order valence-electron chi connectivity index (χ4n) is 3.47. The molecule has 0 aliphatic carbocycles. The van der Waals surface area contributed by atoms with Gasteiger partial charge in [-0.05, 0) is 57.0 Å². The fraction of sp³-hybridized carbons (Fsp3) is 0.261. The lowest BCUT2D eigenvalue weighted by Crippen LogP contribution is -2.06. The molecule has 1 aromatic carbocycles.